The van der Waals surface area contributed by atoms with Crippen molar-refractivity contribution in [1.82, 2.24) is 14.7 Å². The number of aromatic nitrogens is 2. The van der Waals surface area contributed by atoms with Crippen LogP contribution in [-0.2, 0) is 0 Å². The van der Waals surface area contributed by atoms with E-state index in [1.807, 2.05) is 13.0 Å². The number of carbonyl (C=O) groups is 1. The van der Waals surface area contributed by atoms with Crippen LogP contribution in [0, 0.1) is 24.7 Å². The molecule has 0 saturated heterocycles. The van der Waals surface area contributed by atoms with Crippen LogP contribution in [0.25, 0.3) is 5.65 Å². The van der Waals surface area contributed by atoms with E-state index in [0.717, 1.165) is 24.8 Å². The number of aliphatic hydroxyl groups excluding tert-OH is 1. The van der Waals surface area contributed by atoms with E-state index in [1.165, 1.54) is 10.6 Å². The summed E-state index contributed by atoms with van der Waals surface area (Å²) in [5, 5.41) is 12.6. The van der Waals surface area contributed by atoms with Crippen LogP contribution in [0.1, 0.15) is 35.2 Å². The van der Waals surface area contributed by atoms with Crippen molar-refractivity contribution in [2.24, 2.45) is 17.8 Å². The number of pyridine rings is 1. The zero-order chi connectivity index (χ0) is 16.8. The van der Waals surface area contributed by atoms with Crippen LogP contribution in [0.2, 0.25) is 0 Å². The van der Waals surface area contributed by atoms with Crippen LogP contribution in [0.4, 0.5) is 0 Å². The molecule has 1 amide bonds. The third-order valence-electron chi connectivity index (χ3n) is 5.71. The molecule has 126 valence electrons. The summed E-state index contributed by atoms with van der Waals surface area (Å²) in [7, 11) is 0. The van der Waals surface area contributed by atoms with Crippen LogP contribution in [0.15, 0.2) is 29.3 Å². The maximum Gasteiger partial charge on any atom is 0.270 e. The van der Waals surface area contributed by atoms with Crippen molar-refractivity contribution in [2.75, 3.05) is 6.61 Å². The van der Waals surface area contributed by atoms with Crippen molar-refractivity contribution < 1.29 is 9.90 Å². The summed E-state index contributed by atoms with van der Waals surface area (Å²) in [4.78, 5) is 29.4. The fourth-order valence-electron chi connectivity index (χ4n) is 4.46. The Morgan fingerprint density at radius 1 is 1.42 bits per heavy atom. The molecule has 2 aromatic heterocycles. The van der Waals surface area contributed by atoms with Crippen LogP contribution in [-0.4, -0.2) is 33.0 Å². The summed E-state index contributed by atoms with van der Waals surface area (Å²) in [5.41, 5.74) is 1.23. The molecule has 2 aliphatic carbocycles. The standard InChI is InChI=1S/C18H21N3O3/c1-10-4-5-21-15(6-10)19-8-13(18(21)24)17(23)20-16-12-3-2-11(7-12)14(16)9-22/h4-6,8,11-12,14,16,22H,2-3,7,9H2,1H3,(H,20,23). The highest BCUT2D eigenvalue weighted by Gasteiger charge is 2.47. The number of aryl methyl sites for hydroxylation is 1. The first-order valence-electron chi connectivity index (χ1n) is 8.48. The van der Waals surface area contributed by atoms with Gasteiger partial charge in [0.15, 0.2) is 0 Å². The van der Waals surface area contributed by atoms with E-state index in [1.54, 1.807) is 12.3 Å². The first kappa shape index (κ1) is 15.3. The van der Waals surface area contributed by atoms with Gasteiger partial charge in [-0.25, -0.2) is 4.98 Å². The first-order chi connectivity index (χ1) is 11.6. The maximum atomic E-state index is 12.6. The summed E-state index contributed by atoms with van der Waals surface area (Å²) in [6, 6.07) is 3.58. The molecule has 24 heavy (non-hydrogen) atoms. The number of fused-ring (bicyclic) bond motifs is 3. The zero-order valence-corrected chi connectivity index (χ0v) is 13.6. The molecule has 0 aromatic carbocycles. The van der Waals surface area contributed by atoms with Gasteiger partial charge in [0.05, 0.1) is 0 Å². The van der Waals surface area contributed by atoms with E-state index in [-0.39, 0.29) is 29.7 Å². The second-order valence-corrected chi connectivity index (χ2v) is 7.09. The lowest BCUT2D eigenvalue weighted by atomic mass is 9.85. The van der Waals surface area contributed by atoms with Crippen molar-refractivity contribution in [1.29, 1.82) is 0 Å². The SMILES string of the molecule is Cc1ccn2c(=O)c(C(=O)NC3C4CCC(C4)C3CO)cnc2c1. The predicted octanol–water partition coefficient (Wildman–Crippen LogP) is 1.14. The maximum absolute atomic E-state index is 12.6. The quantitative estimate of drug-likeness (QED) is 0.885. The Kier molecular flexibility index (Phi) is 3.64. The van der Waals surface area contributed by atoms with E-state index >= 15 is 0 Å². The summed E-state index contributed by atoms with van der Waals surface area (Å²) in [6.45, 7) is 2.01. The molecule has 0 radical (unpaired) electrons. The average molecular weight is 327 g/mol. The Balaban J connectivity index is 1.63. The lowest BCUT2D eigenvalue weighted by Crippen LogP contribution is -2.46. The number of aliphatic hydroxyl groups is 1. The molecule has 2 fully saturated rings. The molecule has 2 N–H and O–H groups in total. The molecule has 2 aromatic rings. The Bertz CT molecular complexity index is 860. The van der Waals surface area contributed by atoms with Crippen molar-refractivity contribution in [3.05, 3.63) is 46.0 Å². The largest absolute Gasteiger partial charge is 0.396 e. The molecular formula is C18H21N3O3. The number of nitrogens with zero attached hydrogens (tertiary/aromatic N) is 2. The average Bonchev–Trinajstić information content (AvgIpc) is 3.16. The smallest absolute Gasteiger partial charge is 0.270 e. The minimum Gasteiger partial charge on any atom is -0.396 e. The summed E-state index contributed by atoms with van der Waals surface area (Å²) in [6.07, 6.45) is 6.27. The lowest BCUT2D eigenvalue weighted by Gasteiger charge is -2.30. The zero-order valence-electron chi connectivity index (χ0n) is 13.6. The number of amides is 1. The summed E-state index contributed by atoms with van der Waals surface area (Å²) in [5.74, 6) is 0.615. The molecule has 2 aliphatic rings. The molecule has 0 spiro atoms. The Hall–Kier alpha value is -2.21. The molecule has 4 rings (SSSR count). The van der Waals surface area contributed by atoms with E-state index in [0.29, 0.717) is 17.5 Å². The first-order valence-corrected chi connectivity index (χ1v) is 8.48. The molecule has 2 heterocycles. The molecule has 0 aliphatic heterocycles. The van der Waals surface area contributed by atoms with E-state index < -0.39 is 5.91 Å². The third-order valence-corrected chi connectivity index (χ3v) is 5.71. The highest BCUT2D eigenvalue weighted by Crippen LogP contribution is 2.48. The monoisotopic (exact) mass is 327 g/mol. The van der Waals surface area contributed by atoms with Crippen molar-refractivity contribution >= 4 is 11.6 Å². The van der Waals surface area contributed by atoms with Gasteiger partial charge < -0.3 is 10.4 Å². The number of nitrogens with one attached hydrogen (secondary N) is 1. The van der Waals surface area contributed by atoms with Gasteiger partial charge in [0.1, 0.15) is 11.2 Å². The number of carbonyl (C=O) groups excluding carboxylic acids is 1. The summed E-state index contributed by atoms with van der Waals surface area (Å²) >= 11 is 0. The second-order valence-electron chi connectivity index (χ2n) is 7.09. The van der Waals surface area contributed by atoms with E-state index in [4.69, 9.17) is 0 Å². The van der Waals surface area contributed by atoms with Crippen LogP contribution in [0.3, 0.4) is 0 Å². The van der Waals surface area contributed by atoms with Crippen molar-refractivity contribution in [2.45, 2.75) is 32.2 Å². The molecule has 4 unspecified atom stereocenters. The Morgan fingerprint density at radius 3 is 3.00 bits per heavy atom. The van der Waals surface area contributed by atoms with Crippen LogP contribution in [0.5, 0.6) is 0 Å². The molecule has 4 atom stereocenters. The molecule has 2 bridgehead atoms. The Labute approximate surface area is 139 Å². The van der Waals surface area contributed by atoms with Crippen LogP contribution < -0.4 is 10.9 Å². The minimum atomic E-state index is -0.390. The third kappa shape index (κ3) is 2.33. The Morgan fingerprint density at radius 2 is 2.21 bits per heavy atom. The van der Waals surface area contributed by atoms with E-state index in [9.17, 15) is 14.7 Å². The van der Waals surface area contributed by atoms with Gasteiger partial charge in [-0.3, -0.25) is 14.0 Å². The van der Waals surface area contributed by atoms with Gasteiger partial charge >= 0.3 is 0 Å². The minimum absolute atomic E-state index is 0.0423. The van der Waals surface area contributed by atoms with Crippen molar-refractivity contribution in [3.63, 3.8) is 0 Å². The van der Waals surface area contributed by atoms with Gasteiger partial charge in [-0.2, -0.15) is 0 Å². The van der Waals surface area contributed by atoms with Crippen molar-refractivity contribution in [3.8, 4) is 0 Å². The topological polar surface area (TPSA) is 83.7 Å². The van der Waals surface area contributed by atoms with Gasteiger partial charge in [0.2, 0.25) is 0 Å². The molecule has 6 nitrogen and oxygen atoms in total. The van der Waals surface area contributed by atoms with Crippen LogP contribution >= 0.6 is 0 Å². The number of hydrogen-bond acceptors (Lipinski definition) is 4. The lowest BCUT2D eigenvalue weighted by molar-refractivity contribution is 0.0859. The van der Waals surface area contributed by atoms with E-state index in [2.05, 4.69) is 10.3 Å². The van der Waals surface area contributed by atoms with Gasteiger partial charge in [0.25, 0.3) is 11.5 Å². The normalized spacial score (nSPS) is 28.4. The fourth-order valence-corrected chi connectivity index (χ4v) is 4.46. The van der Waals surface area contributed by atoms with Gasteiger partial charge in [-0.15, -0.1) is 0 Å². The fraction of sp³-hybridized carbons (Fsp3) is 0.500. The highest BCUT2D eigenvalue weighted by atomic mass is 16.3. The molecule has 6 heteroatoms. The molecule has 2 saturated carbocycles. The second kappa shape index (κ2) is 5.70. The van der Waals surface area contributed by atoms with Gasteiger partial charge in [-0.05, 0) is 55.7 Å². The molecular weight excluding hydrogens is 306 g/mol. The number of rotatable bonds is 3. The summed E-state index contributed by atoms with van der Waals surface area (Å²) < 4.78 is 1.40. The highest BCUT2D eigenvalue weighted by molar-refractivity contribution is 5.94. The predicted molar refractivity (Wildman–Crippen MR) is 88.9 cm³/mol. The number of hydrogen-bond donors (Lipinski definition) is 2. The van der Waals surface area contributed by atoms with Gasteiger partial charge in [0, 0.05) is 31.0 Å². The van der Waals surface area contributed by atoms with Gasteiger partial charge in [-0.1, -0.05) is 0 Å².